The van der Waals surface area contributed by atoms with Crippen molar-refractivity contribution in [2.75, 3.05) is 6.61 Å². The van der Waals surface area contributed by atoms with Gasteiger partial charge in [-0.05, 0) is 29.8 Å². The van der Waals surface area contributed by atoms with Crippen LogP contribution in [0.4, 0.5) is 0 Å². The highest BCUT2D eigenvalue weighted by molar-refractivity contribution is 6.29. The summed E-state index contributed by atoms with van der Waals surface area (Å²) in [4.78, 5) is 12.9. The van der Waals surface area contributed by atoms with Gasteiger partial charge in [-0.1, -0.05) is 23.7 Å². The van der Waals surface area contributed by atoms with Crippen LogP contribution in [0.2, 0.25) is 5.15 Å². The minimum absolute atomic E-state index is 0.142. The summed E-state index contributed by atoms with van der Waals surface area (Å²) >= 11 is 6.13. The molecule has 2 aliphatic heterocycles. The zero-order valence-corrected chi connectivity index (χ0v) is 14.3. The molecule has 3 aromatic rings. The van der Waals surface area contributed by atoms with E-state index in [-0.39, 0.29) is 12.6 Å². The summed E-state index contributed by atoms with van der Waals surface area (Å²) in [6, 6.07) is 11.7. The van der Waals surface area contributed by atoms with E-state index in [9.17, 15) is 0 Å². The van der Waals surface area contributed by atoms with E-state index in [1.165, 1.54) is 0 Å². The molecule has 0 unspecified atom stereocenters. The van der Waals surface area contributed by atoms with Gasteiger partial charge in [0.05, 0.1) is 6.20 Å². The maximum absolute atomic E-state index is 6.13. The molecular weight excluding hydrogens is 352 g/mol. The molecule has 1 atom stereocenters. The second-order valence-electron chi connectivity index (χ2n) is 6.16. The van der Waals surface area contributed by atoms with E-state index in [0.29, 0.717) is 16.7 Å². The van der Waals surface area contributed by atoms with E-state index >= 15 is 0 Å². The molecule has 0 amide bonds. The molecule has 1 spiro atoms. The molecule has 128 valence electrons. The molecule has 0 saturated carbocycles. The Balaban J connectivity index is 1.76. The number of ether oxygens (including phenoxy) is 2. The molecule has 0 fully saturated rings. The van der Waals surface area contributed by atoms with Crippen molar-refractivity contribution in [3.8, 4) is 22.6 Å². The summed E-state index contributed by atoms with van der Waals surface area (Å²) in [5.74, 6) is 1.29. The second kappa shape index (κ2) is 5.44. The van der Waals surface area contributed by atoms with E-state index in [4.69, 9.17) is 26.8 Å². The van der Waals surface area contributed by atoms with E-state index in [1.54, 1.807) is 18.5 Å². The highest BCUT2D eigenvalue weighted by atomic mass is 35.5. The lowest BCUT2D eigenvalue weighted by Gasteiger charge is -2.33. The Kier molecular flexibility index (Phi) is 3.17. The van der Waals surface area contributed by atoms with E-state index in [0.717, 1.165) is 22.3 Å². The molecule has 0 saturated heterocycles. The van der Waals surface area contributed by atoms with Crippen molar-refractivity contribution in [2.45, 2.75) is 5.54 Å². The molecule has 7 heteroatoms. The Labute approximate surface area is 154 Å². The Morgan fingerprint density at radius 2 is 1.92 bits per heavy atom. The fourth-order valence-corrected chi connectivity index (χ4v) is 3.61. The van der Waals surface area contributed by atoms with Gasteiger partial charge in [-0.25, -0.2) is 9.98 Å². The summed E-state index contributed by atoms with van der Waals surface area (Å²) in [7, 11) is 0. The maximum atomic E-state index is 6.13. The molecule has 4 heterocycles. The average Bonchev–Trinajstić information content (AvgIpc) is 3.06. The standard InChI is InChI=1S/C19H13ClN4O2/c20-17-7-14-16(9-23-17)26-15-4-3-11(12-2-1-5-22-8-12)6-13(15)19(14)10-25-18(21)24-19/h1-9H,10H2,(H2,21,24)/t19-/m1/s1. The third kappa shape index (κ3) is 2.16. The number of benzene rings is 1. The highest BCUT2D eigenvalue weighted by Crippen LogP contribution is 2.51. The fourth-order valence-electron chi connectivity index (χ4n) is 3.45. The third-order valence-corrected chi connectivity index (χ3v) is 4.86. The molecule has 0 radical (unpaired) electrons. The van der Waals surface area contributed by atoms with Crippen LogP contribution in [0.25, 0.3) is 11.1 Å². The van der Waals surface area contributed by atoms with Crippen molar-refractivity contribution < 1.29 is 9.47 Å². The predicted octanol–water partition coefficient (Wildman–Crippen LogP) is 3.49. The lowest BCUT2D eigenvalue weighted by molar-refractivity contribution is 0.264. The number of hydrogen-bond donors (Lipinski definition) is 1. The fraction of sp³-hybridized carbons (Fsp3) is 0.105. The summed E-state index contributed by atoms with van der Waals surface area (Å²) in [5.41, 5.74) is 8.72. The number of halogens is 1. The Bertz CT molecular complexity index is 1050. The summed E-state index contributed by atoms with van der Waals surface area (Å²) in [6.07, 6.45) is 5.16. The van der Waals surface area contributed by atoms with Crippen LogP contribution in [0.1, 0.15) is 11.1 Å². The molecule has 0 aliphatic carbocycles. The van der Waals surface area contributed by atoms with Crippen LogP contribution in [0, 0.1) is 0 Å². The summed E-state index contributed by atoms with van der Waals surface area (Å²) in [5, 5.41) is 0.360. The minimum atomic E-state index is -0.808. The number of aliphatic imine (C=N–C) groups is 1. The number of pyridine rings is 2. The first-order valence-corrected chi connectivity index (χ1v) is 8.40. The number of amidine groups is 1. The Morgan fingerprint density at radius 1 is 1.04 bits per heavy atom. The minimum Gasteiger partial charge on any atom is -0.462 e. The number of rotatable bonds is 1. The lowest BCUT2D eigenvalue weighted by atomic mass is 9.81. The van der Waals surface area contributed by atoms with E-state index in [2.05, 4.69) is 15.0 Å². The average molecular weight is 365 g/mol. The van der Waals surface area contributed by atoms with Gasteiger partial charge in [-0.3, -0.25) is 4.98 Å². The van der Waals surface area contributed by atoms with Gasteiger partial charge in [0.2, 0.25) is 0 Å². The van der Waals surface area contributed by atoms with Crippen LogP contribution in [0.15, 0.2) is 60.0 Å². The quantitative estimate of drug-likeness (QED) is 0.668. The first-order chi connectivity index (χ1) is 12.7. The number of fused-ring (bicyclic) bond motifs is 4. The molecule has 2 aromatic heterocycles. The normalized spacial score (nSPS) is 20.0. The topological polar surface area (TPSA) is 82.6 Å². The number of hydrogen-bond acceptors (Lipinski definition) is 6. The zero-order valence-electron chi connectivity index (χ0n) is 13.5. The maximum Gasteiger partial charge on any atom is 0.283 e. The van der Waals surface area contributed by atoms with Crippen LogP contribution < -0.4 is 10.5 Å². The van der Waals surface area contributed by atoms with E-state index < -0.39 is 5.54 Å². The molecular formula is C19H13ClN4O2. The van der Waals surface area contributed by atoms with Gasteiger partial charge in [-0.2, -0.15) is 0 Å². The molecule has 2 N–H and O–H groups in total. The third-order valence-electron chi connectivity index (χ3n) is 4.65. The number of nitrogens with two attached hydrogens (primary N) is 1. The van der Waals surface area contributed by atoms with E-state index in [1.807, 2.05) is 36.5 Å². The summed E-state index contributed by atoms with van der Waals surface area (Å²) < 4.78 is 11.6. The van der Waals surface area contributed by atoms with Crippen molar-refractivity contribution in [3.63, 3.8) is 0 Å². The largest absolute Gasteiger partial charge is 0.462 e. The number of aromatic nitrogens is 2. The van der Waals surface area contributed by atoms with Crippen LogP contribution in [0.3, 0.4) is 0 Å². The zero-order chi connectivity index (χ0) is 17.7. The SMILES string of the molecule is NC1=N[C@]2(CO1)c1cc(-c3cccnc3)ccc1Oc1cnc(Cl)cc12. The smallest absolute Gasteiger partial charge is 0.283 e. The highest BCUT2D eigenvalue weighted by Gasteiger charge is 2.47. The molecule has 5 rings (SSSR count). The molecule has 0 bridgehead atoms. The second-order valence-corrected chi connectivity index (χ2v) is 6.54. The van der Waals surface area contributed by atoms with Gasteiger partial charge in [0.15, 0.2) is 11.3 Å². The monoisotopic (exact) mass is 364 g/mol. The predicted molar refractivity (Wildman–Crippen MR) is 97.3 cm³/mol. The van der Waals surface area contributed by atoms with Gasteiger partial charge < -0.3 is 15.2 Å². The number of nitrogens with zero attached hydrogens (tertiary/aromatic N) is 3. The van der Waals surface area contributed by atoms with Gasteiger partial charge in [0.25, 0.3) is 6.02 Å². The lowest BCUT2D eigenvalue weighted by Crippen LogP contribution is -2.31. The van der Waals surface area contributed by atoms with Gasteiger partial charge >= 0.3 is 0 Å². The van der Waals surface area contributed by atoms with Crippen molar-refractivity contribution in [1.82, 2.24) is 9.97 Å². The molecule has 6 nitrogen and oxygen atoms in total. The van der Waals surface area contributed by atoms with Crippen molar-refractivity contribution in [1.29, 1.82) is 0 Å². The van der Waals surface area contributed by atoms with Gasteiger partial charge in [0, 0.05) is 29.1 Å². The summed E-state index contributed by atoms with van der Waals surface area (Å²) in [6.45, 7) is 0.277. The van der Waals surface area contributed by atoms with Crippen LogP contribution in [0.5, 0.6) is 11.5 Å². The van der Waals surface area contributed by atoms with Crippen LogP contribution in [-0.2, 0) is 10.3 Å². The van der Waals surface area contributed by atoms with Crippen molar-refractivity contribution in [2.24, 2.45) is 10.7 Å². The van der Waals surface area contributed by atoms with Crippen LogP contribution >= 0.6 is 11.6 Å². The molecule has 2 aliphatic rings. The van der Waals surface area contributed by atoms with Crippen molar-refractivity contribution in [3.05, 3.63) is 71.3 Å². The Morgan fingerprint density at radius 3 is 2.69 bits per heavy atom. The Hall–Kier alpha value is -3.12. The molecule has 26 heavy (non-hydrogen) atoms. The van der Waals surface area contributed by atoms with Crippen molar-refractivity contribution >= 4 is 17.6 Å². The van der Waals surface area contributed by atoms with Crippen LogP contribution in [-0.4, -0.2) is 22.6 Å². The molecule has 1 aromatic carbocycles. The first kappa shape index (κ1) is 15.2. The van der Waals surface area contributed by atoms with Gasteiger partial charge in [-0.15, -0.1) is 0 Å². The first-order valence-electron chi connectivity index (χ1n) is 8.03. The van der Waals surface area contributed by atoms with Gasteiger partial charge in [0.1, 0.15) is 17.5 Å².